The molecular formula is C13H10BrClN2O2. The molecule has 0 radical (unpaired) electrons. The van der Waals surface area contributed by atoms with Crippen molar-refractivity contribution in [3.8, 4) is 11.4 Å². The average Bonchev–Trinajstić information content (AvgIpc) is 2.38. The van der Waals surface area contributed by atoms with Crippen LogP contribution in [0.3, 0.4) is 0 Å². The van der Waals surface area contributed by atoms with Gasteiger partial charge in [0.1, 0.15) is 10.7 Å². The van der Waals surface area contributed by atoms with E-state index in [0.29, 0.717) is 5.82 Å². The number of carbonyl (C=O) groups excluding carboxylic acids is 1. The highest BCUT2D eigenvalue weighted by Crippen LogP contribution is 2.22. The van der Waals surface area contributed by atoms with E-state index in [0.717, 1.165) is 10.0 Å². The third-order valence-electron chi connectivity index (χ3n) is 2.32. The van der Waals surface area contributed by atoms with Gasteiger partial charge in [0.05, 0.1) is 6.61 Å². The molecule has 6 heteroatoms. The van der Waals surface area contributed by atoms with Gasteiger partial charge in [-0.05, 0) is 19.1 Å². The van der Waals surface area contributed by atoms with Crippen molar-refractivity contribution in [3.63, 3.8) is 0 Å². The van der Waals surface area contributed by atoms with Crippen molar-refractivity contribution < 1.29 is 9.53 Å². The molecule has 98 valence electrons. The fourth-order valence-corrected chi connectivity index (χ4v) is 2.08. The molecule has 0 amide bonds. The Morgan fingerprint density at radius 1 is 1.47 bits per heavy atom. The number of hydrogen-bond donors (Lipinski definition) is 0. The van der Waals surface area contributed by atoms with Crippen LogP contribution < -0.4 is 0 Å². The number of aromatic nitrogens is 2. The second kappa shape index (κ2) is 6.12. The normalized spacial score (nSPS) is 10.3. The number of rotatable bonds is 3. The molecule has 0 saturated carbocycles. The van der Waals surface area contributed by atoms with Gasteiger partial charge in [0.2, 0.25) is 0 Å². The highest BCUT2D eigenvalue weighted by atomic mass is 79.9. The lowest BCUT2D eigenvalue weighted by atomic mass is 10.2. The maximum atomic E-state index is 11.6. The lowest BCUT2D eigenvalue weighted by molar-refractivity contribution is 0.0525. The van der Waals surface area contributed by atoms with Crippen molar-refractivity contribution >= 4 is 33.5 Å². The van der Waals surface area contributed by atoms with Gasteiger partial charge in [-0.2, -0.15) is 0 Å². The Kier molecular flexibility index (Phi) is 4.50. The first-order valence-corrected chi connectivity index (χ1v) is 6.74. The molecule has 0 spiro atoms. The Balaban J connectivity index is 2.36. The van der Waals surface area contributed by atoms with Gasteiger partial charge in [0.15, 0.2) is 5.82 Å². The number of hydrogen-bond acceptors (Lipinski definition) is 4. The molecule has 0 fully saturated rings. The summed E-state index contributed by atoms with van der Waals surface area (Å²) in [7, 11) is 0. The summed E-state index contributed by atoms with van der Waals surface area (Å²) in [6.45, 7) is 2.01. The van der Waals surface area contributed by atoms with E-state index < -0.39 is 5.97 Å². The molecule has 1 heterocycles. The first-order chi connectivity index (χ1) is 9.11. The fraction of sp³-hybridized carbons (Fsp3) is 0.154. The smallest absolute Gasteiger partial charge is 0.342 e. The van der Waals surface area contributed by atoms with Crippen LogP contribution in [0.4, 0.5) is 0 Å². The first kappa shape index (κ1) is 14.0. The van der Waals surface area contributed by atoms with Gasteiger partial charge < -0.3 is 4.74 Å². The first-order valence-electron chi connectivity index (χ1n) is 5.57. The fourth-order valence-electron chi connectivity index (χ4n) is 1.47. The molecular weight excluding hydrogens is 332 g/mol. The van der Waals surface area contributed by atoms with Crippen LogP contribution in [0.2, 0.25) is 5.15 Å². The minimum Gasteiger partial charge on any atom is -0.462 e. The molecule has 1 aromatic heterocycles. The van der Waals surface area contributed by atoms with E-state index in [9.17, 15) is 4.79 Å². The van der Waals surface area contributed by atoms with Crippen molar-refractivity contribution in [1.29, 1.82) is 0 Å². The van der Waals surface area contributed by atoms with E-state index in [1.54, 1.807) is 6.92 Å². The van der Waals surface area contributed by atoms with Crippen molar-refractivity contribution in [2.24, 2.45) is 0 Å². The average molecular weight is 342 g/mol. The molecule has 0 aliphatic heterocycles. The summed E-state index contributed by atoms with van der Waals surface area (Å²) in [5, 5.41) is 0.0865. The van der Waals surface area contributed by atoms with Crippen LogP contribution in [0.15, 0.2) is 34.9 Å². The summed E-state index contributed by atoms with van der Waals surface area (Å²) >= 11 is 9.36. The molecule has 0 aliphatic carbocycles. The van der Waals surface area contributed by atoms with Gasteiger partial charge in [-0.1, -0.05) is 39.7 Å². The second-order valence-electron chi connectivity index (χ2n) is 3.63. The van der Waals surface area contributed by atoms with E-state index in [4.69, 9.17) is 16.3 Å². The quantitative estimate of drug-likeness (QED) is 0.630. The van der Waals surface area contributed by atoms with E-state index in [1.807, 2.05) is 24.3 Å². The van der Waals surface area contributed by atoms with Crippen LogP contribution >= 0.6 is 27.5 Å². The minimum atomic E-state index is -0.520. The van der Waals surface area contributed by atoms with E-state index in [-0.39, 0.29) is 17.3 Å². The zero-order valence-corrected chi connectivity index (χ0v) is 12.4. The minimum absolute atomic E-state index is 0.0865. The largest absolute Gasteiger partial charge is 0.462 e. The number of carbonyl (C=O) groups is 1. The molecule has 0 N–H and O–H groups in total. The number of ether oxygens (including phenoxy) is 1. The summed E-state index contributed by atoms with van der Waals surface area (Å²) in [6, 6.07) is 7.50. The topological polar surface area (TPSA) is 52.1 Å². The van der Waals surface area contributed by atoms with Gasteiger partial charge >= 0.3 is 5.97 Å². The van der Waals surface area contributed by atoms with Crippen molar-refractivity contribution in [2.75, 3.05) is 6.61 Å². The lowest BCUT2D eigenvalue weighted by Gasteiger charge is -2.05. The Labute approximate surface area is 123 Å². The van der Waals surface area contributed by atoms with Crippen molar-refractivity contribution in [3.05, 3.63) is 45.7 Å². The number of halogens is 2. The predicted octanol–water partition coefficient (Wildman–Crippen LogP) is 3.74. The zero-order valence-electron chi connectivity index (χ0n) is 10.1. The molecule has 0 unspecified atom stereocenters. The second-order valence-corrected chi connectivity index (χ2v) is 4.90. The molecule has 0 bridgehead atoms. The Hall–Kier alpha value is -1.46. The third kappa shape index (κ3) is 3.30. The van der Waals surface area contributed by atoms with Crippen LogP contribution in [-0.2, 0) is 4.74 Å². The standard InChI is InChI=1S/C13H10BrClN2O2/c1-2-19-13(18)10-7-16-12(17-11(10)15)8-4-3-5-9(14)6-8/h3-7H,2H2,1H3. The van der Waals surface area contributed by atoms with Gasteiger partial charge in [0.25, 0.3) is 0 Å². The van der Waals surface area contributed by atoms with Crippen LogP contribution in [0.25, 0.3) is 11.4 Å². The van der Waals surface area contributed by atoms with Crippen molar-refractivity contribution in [1.82, 2.24) is 9.97 Å². The molecule has 0 atom stereocenters. The van der Waals surface area contributed by atoms with Gasteiger partial charge in [-0.25, -0.2) is 14.8 Å². The maximum Gasteiger partial charge on any atom is 0.342 e. The van der Waals surface area contributed by atoms with E-state index in [2.05, 4.69) is 25.9 Å². The highest BCUT2D eigenvalue weighted by Gasteiger charge is 2.14. The van der Waals surface area contributed by atoms with Crippen LogP contribution in [0.1, 0.15) is 17.3 Å². The molecule has 2 aromatic rings. The summed E-state index contributed by atoms with van der Waals surface area (Å²) < 4.78 is 5.78. The number of esters is 1. The number of benzene rings is 1. The zero-order chi connectivity index (χ0) is 13.8. The predicted molar refractivity (Wildman–Crippen MR) is 76.1 cm³/mol. The Morgan fingerprint density at radius 3 is 2.89 bits per heavy atom. The summed E-state index contributed by atoms with van der Waals surface area (Å²) in [4.78, 5) is 19.8. The van der Waals surface area contributed by atoms with E-state index >= 15 is 0 Å². The third-order valence-corrected chi connectivity index (χ3v) is 3.10. The molecule has 19 heavy (non-hydrogen) atoms. The highest BCUT2D eigenvalue weighted by molar-refractivity contribution is 9.10. The van der Waals surface area contributed by atoms with Gasteiger partial charge in [-0.3, -0.25) is 0 Å². The summed E-state index contributed by atoms with van der Waals surface area (Å²) in [5.74, 6) is -0.0624. The molecule has 4 nitrogen and oxygen atoms in total. The lowest BCUT2D eigenvalue weighted by Crippen LogP contribution is -2.07. The Morgan fingerprint density at radius 2 is 2.26 bits per heavy atom. The van der Waals surface area contributed by atoms with Crippen LogP contribution in [-0.4, -0.2) is 22.5 Å². The molecule has 0 aliphatic rings. The van der Waals surface area contributed by atoms with Gasteiger partial charge in [0, 0.05) is 16.2 Å². The molecule has 1 aromatic carbocycles. The summed E-state index contributed by atoms with van der Waals surface area (Å²) in [5.41, 5.74) is 0.981. The summed E-state index contributed by atoms with van der Waals surface area (Å²) in [6.07, 6.45) is 1.38. The van der Waals surface area contributed by atoms with Crippen LogP contribution in [0, 0.1) is 0 Å². The van der Waals surface area contributed by atoms with E-state index in [1.165, 1.54) is 6.20 Å². The molecule has 2 rings (SSSR count). The van der Waals surface area contributed by atoms with Crippen LogP contribution in [0.5, 0.6) is 0 Å². The monoisotopic (exact) mass is 340 g/mol. The maximum absolute atomic E-state index is 11.6. The number of nitrogens with zero attached hydrogens (tertiary/aromatic N) is 2. The SMILES string of the molecule is CCOC(=O)c1cnc(-c2cccc(Br)c2)nc1Cl. The Bertz CT molecular complexity index is 619. The molecule has 0 saturated heterocycles. The van der Waals surface area contributed by atoms with Gasteiger partial charge in [-0.15, -0.1) is 0 Å². The van der Waals surface area contributed by atoms with Crippen molar-refractivity contribution in [2.45, 2.75) is 6.92 Å².